The Bertz CT molecular complexity index is 1000. The highest BCUT2D eigenvalue weighted by atomic mass is 16.5. The largest absolute Gasteiger partial charge is 0.379 e. The number of carbonyl (C=O) groups excluding carboxylic acids is 1. The third-order valence-corrected chi connectivity index (χ3v) is 6.59. The highest BCUT2D eigenvalue weighted by Gasteiger charge is 2.19. The second-order valence-corrected chi connectivity index (χ2v) is 8.77. The molecule has 2 heterocycles. The molecule has 0 spiro atoms. The van der Waals surface area contributed by atoms with Crippen molar-refractivity contribution < 1.29 is 9.53 Å². The van der Waals surface area contributed by atoms with Gasteiger partial charge in [0.15, 0.2) is 5.78 Å². The van der Waals surface area contributed by atoms with E-state index in [0.29, 0.717) is 6.42 Å². The van der Waals surface area contributed by atoms with Crippen LogP contribution in [0.5, 0.6) is 0 Å². The summed E-state index contributed by atoms with van der Waals surface area (Å²) in [6.07, 6.45) is 8.22. The van der Waals surface area contributed by atoms with E-state index in [2.05, 4.69) is 46.7 Å². The van der Waals surface area contributed by atoms with Crippen molar-refractivity contribution >= 4 is 27.6 Å². The third-order valence-electron chi connectivity index (χ3n) is 6.59. The Balaban J connectivity index is 1.57. The van der Waals surface area contributed by atoms with Gasteiger partial charge < -0.3 is 9.30 Å². The van der Waals surface area contributed by atoms with Gasteiger partial charge in [-0.05, 0) is 18.6 Å². The number of aromatic nitrogens is 1. The molecule has 166 valence electrons. The van der Waals surface area contributed by atoms with Crippen LogP contribution in [0.15, 0.2) is 42.5 Å². The molecular formula is C27H36N2O2. The van der Waals surface area contributed by atoms with Gasteiger partial charge in [-0.15, -0.1) is 0 Å². The molecule has 0 atom stereocenters. The first-order valence-electron chi connectivity index (χ1n) is 12.1. The number of hydrogen-bond acceptors (Lipinski definition) is 3. The minimum atomic E-state index is 0.254. The van der Waals surface area contributed by atoms with Crippen LogP contribution in [0.25, 0.3) is 21.8 Å². The maximum absolute atomic E-state index is 13.3. The topological polar surface area (TPSA) is 34.5 Å². The van der Waals surface area contributed by atoms with Crippen LogP contribution in [0.1, 0.15) is 62.2 Å². The Kier molecular flexibility index (Phi) is 7.76. The quantitative estimate of drug-likeness (QED) is 0.279. The van der Waals surface area contributed by atoms with Crippen LogP contribution in [0.3, 0.4) is 0 Å². The average Bonchev–Trinajstić information content (AvgIpc) is 3.14. The lowest BCUT2D eigenvalue weighted by Gasteiger charge is -2.26. The maximum atomic E-state index is 13.3. The van der Waals surface area contributed by atoms with Crippen LogP contribution < -0.4 is 0 Å². The second kappa shape index (κ2) is 10.9. The molecule has 0 unspecified atom stereocenters. The van der Waals surface area contributed by atoms with Crippen LogP contribution in [0.4, 0.5) is 0 Å². The number of morpholine rings is 1. The summed E-state index contributed by atoms with van der Waals surface area (Å²) in [5, 5.41) is 2.46. The SMILES string of the molecule is CCCCCCCCn1c2ccccc2c2cccc(C(=O)CCN3CCOCC3)c21. The molecule has 1 aliphatic rings. The Labute approximate surface area is 186 Å². The molecule has 1 saturated heterocycles. The van der Waals surface area contributed by atoms with Crippen molar-refractivity contribution in [2.24, 2.45) is 0 Å². The average molecular weight is 421 g/mol. The number of para-hydroxylation sites is 2. The summed E-state index contributed by atoms with van der Waals surface area (Å²) in [6, 6.07) is 14.9. The fraction of sp³-hybridized carbons (Fsp3) is 0.519. The van der Waals surface area contributed by atoms with Gasteiger partial charge in [0.2, 0.25) is 0 Å². The van der Waals surface area contributed by atoms with Gasteiger partial charge in [-0.3, -0.25) is 9.69 Å². The summed E-state index contributed by atoms with van der Waals surface area (Å²) in [5.41, 5.74) is 3.26. The van der Waals surface area contributed by atoms with Gasteiger partial charge in [-0.1, -0.05) is 69.4 Å². The smallest absolute Gasteiger partial charge is 0.166 e. The zero-order valence-electron chi connectivity index (χ0n) is 18.9. The second-order valence-electron chi connectivity index (χ2n) is 8.77. The molecule has 4 heteroatoms. The molecular weight excluding hydrogens is 384 g/mol. The van der Waals surface area contributed by atoms with E-state index in [-0.39, 0.29) is 5.78 Å². The Hall–Kier alpha value is -2.17. The van der Waals surface area contributed by atoms with Gasteiger partial charge >= 0.3 is 0 Å². The molecule has 1 aromatic heterocycles. The van der Waals surface area contributed by atoms with Crippen LogP contribution in [0, 0.1) is 0 Å². The van der Waals surface area contributed by atoms with Crippen molar-refractivity contribution in [3.05, 3.63) is 48.0 Å². The standard InChI is InChI=1S/C27H36N2O2/c1-2-3-4-5-6-9-16-29-25-14-8-7-11-22(25)23-12-10-13-24(27(23)29)26(30)15-17-28-18-20-31-21-19-28/h7-8,10-14H,2-6,9,15-21H2,1H3. The molecule has 4 rings (SSSR count). The zero-order chi connectivity index (χ0) is 21.5. The van der Waals surface area contributed by atoms with Gasteiger partial charge in [-0.25, -0.2) is 0 Å². The van der Waals surface area contributed by atoms with E-state index in [1.165, 1.54) is 48.4 Å². The van der Waals surface area contributed by atoms with Crippen LogP contribution in [-0.2, 0) is 11.3 Å². The molecule has 0 amide bonds. The first-order valence-corrected chi connectivity index (χ1v) is 12.1. The van der Waals surface area contributed by atoms with Crippen LogP contribution in [0.2, 0.25) is 0 Å². The fourth-order valence-electron chi connectivity index (χ4n) is 4.84. The Morgan fingerprint density at radius 1 is 0.871 bits per heavy atom. The van der Waals surface area contributed by atoms with Gasteiger partial charge in [0.1, 0.15) is 0 Å². The number of nitrogens with zero attached hydrogens (tertiary/aromatic N) is 2. The molecule has 0 N–H and O–H groups in total. The zero-order valence-corrected chi connectivity index (χ0v) is 18.9. The first-order chi connectivity index (χ1) is 15.3. The summed E-state index contributed by atoms with van der Waals surface area (Å²) < 4.78 is 7.85. The number of fused-ring (bicyclic) bond motifs is 3. The molecule has 3 aromatic rings. The monoisotopic (exact) mass is 420 g/mol. The lowest BCUT2D eigenvalue weighted by molar-refractivity contribution is 0.0370. The Morgan fingerprint density at radius 2 is 1.61 bits per heavy atom. The van der Waals surface area contributed by atoms with Crippen molar-refractivity contribution in [2.75, 3.05) is 32.8 Å². The summed E-state index contributed by atoms with van der Waals surface area (Å²) >= 11 is 0. The van der Waals surface area contributed by atoms with Crippen LogP contribution >= 0.6 is 0 Å². The molecule has 2 aromatic carbocycles. The predicted molar refractivity (Wildman–Crippen MR) is 129 cm³/mol. The van der Waals surface area contributed by atoms with E-state index in [0.717, 1.165) is 56.9 Å². The van der Waals surface area contributed by atoms with Crippen molar-refractivity contribution in [3.63, 3.8) is 0 Å². The molecule has 1 aliphatic heterocycles. The number of aryl methyl sites for hydroxylation is 1. The molecule has 1 fully saturated rings. The van der Waals surface area contributed by atoms with Crippen LogP contribution in [-0.4, -0.2) is 48.1 Å². The molecule has 0 radical (unpaired) electrons. The van der Waals surface area contributed by atoms with E-state index in [4.69, 9.17) is 4.74 Å². The van der Waals surface area contributed by atoms with Crippen molar-refractivity contribution in [1.82, 2.24) is 9.47 Å². The molecule has 0 aliphatic carbocycles. The summed E-state index contributed by atoms with van der Waals surface area (Å²) in [5.74, 6) is 0.254. The van der Waals surface area contributed by atoms with Gasteiger partial charge in [0.25, 0.3) is 0 Å². The van der Waals surface area contributed by atoms with E-state index in [1.807, 2.05) is 12.1 Å². The summed E-state index contributed by atoms with van der Waals surface area (Å²) in [7, 11) is 0. The number of benzene rings is 2. The normalized spacial score (nSPS) is 15.1. The minimum Gasteiger partial charge on any atom is -0.379 e. The van der Waals surface area contributed by atoms with Gasteiger partial charge in [-0.2, -0.15) is 0 Å². The van der Waals surface area contributed by atoms with E-state index in [1.54, 1.807) is 0 Å². The molecule has 4 nitrogen and oxygen atoms in total. The number of carbonyl (C=O) groups is 1. The number of rotatable bonds is 11. The van der Waals surface area contributed by atoms with Gasteiger partial charge in [0, 0.05) is 54.5 Å². The fourth-order valence-corrected chi connectivity index (χ4v) is 4.84. The molecule has 31 heavy (non-hydrogen) atoms. The lowest BCUT2D eigenvalue weighted by atomic mass is 10.0. The molecule has 0 saturated carbocycles. The third kappa shape index (κ3) is 5.19. The minimum absolute atomic E-state index is 0.254. The first kappa shape index (κ1) is 22.0. The van der Waals surface area contributed by atoms with Crippen molar-refractivity contribution in [3.8, 4) is 0 Å². The number of ketones is 1. The Morgan fingerprint density at radius 3 is 2.45 bits per heavy atom. The van der Waals surface area contributed by atoms with Crippen molar-refractivity contribution in [2.45, 2.75) is 58.4 Å². The number of ether oxygens (including phenoxy) is 1. The summed E-state index contributed by atoms with van der Waals surface area (Å²) in [6.45, 7) is 7.45. The van der Waals surface area contributed by atoms with Crippen molar-refractivity contribution in [1.29, 1.82) is 0 Å². The number of unbranched alkanes of at least 4 members (excludes halogenated alkanes) is 5. The van der Waals surface area contributed by atoms with E-state index in [9.17, 15) is 4.79 Å². The number of hydrogen-bond donors (Lipinski definition) is 0. The number of Topliss-reactive ketones (excluding diaryl/α,β-unsaturated/α-hetero) is 1. The predicted octanol–water partition coefficient (Wildman–Crippen LogP) is 6.06. The van der Waals surface area contributed by atoms with Gasteiger partial charge in [0.05, 0.1) is 18.7 Å². The van der Waals surface area contributed by atoms with E-state index >= 15 is 0 Å². The molecule has 0 bridgehead atoms. The maximum Gasteiger partial charge on any atom is 0.166 e. The highest BCUT2D eigenvalue weighted by molar-refractivity contribution is 6.16. The highest BCUT2D eigenvalue weighted by Crippen LogP contribution is 2.32. The van der Waals surface area contributed by atoms with E-state index < -0.39 is 0 Å². The lowest BCUT2D eigenvalue weighted by Crippen LogP contribution is -2.37. The summed E-state index contributed by atoms with van der Waals surface area (Å²) in [4.78, 5) is 15.6.